The fourth-order valence-corrected chi connectivity index (χ4v) is 2.34. The number of ether oxygens (including phenoxy) is 2. The molecule has 4 heteroatoms. The zero-order valence-corrected chi connectivity index (χ0v) is 11.6. The van der Waals surface area contributed by atoms with Crippen LogP contribution in [0, 0.1) is 0 Å². The van der Waals surface area contributed by atoms with Crippen molar-refractivity contribution in [2.24, 2.45) is 0 Å². The second-order valence-corrected chi connectivity index (χ2v) is 5.00. The van der Waals surface area contributed by atoms with Crippen molar-refractivity contribution < 1.29 is 14.3 Å². The number of aldehydes is 1. The minimum Gasteiger partial charge on any atom is -0.496 e. The monoisotopic (exact) mass is 263 g/mol. The molecule has 0 N–H and O–H groups in total. The van der Waals surface area contributed by atoms with Gasteiger partial charge in [-0.15, -0.1) is 0 Å². The summed E-state index contributed by atoms with van der Waals surface area (Å²) < 4.78 is 11.2. The van der Waals surface area contributed by atoms with Gasteiger partial charge in [0.15, 0.2) is 0 Å². The van der Waals surface area contributed by atoms with Crippen LogP contribution in [0.25, 0.3) is 0 Å². The number of hydrogen-bond donors (Lipinski definition) is 0. The zero-order chi connectivity index (χ0) is 13.7. The Morgan fingerprint density at radius 2 is 2.11 bits per heavy atom. The molecule has 1 fully saturated rings. The van der Waals surface area contributed by atoms with Crippen LogP contribution in [0.1, 0.15) is 28.8 Å². The third-order valence-electron chi connectivity index (χ3n) is 3.58. The Morgan fingerprint density at radius 1 is 1.37 bits per heavy atom. The maximum Gasteiger partial charge on any atom is 0.150 e. The highest BCUT2D eigenvalue weighted by atomic mass is 16.5. The fraction of sp³-hybridized carbons (Fsp3) is 0.533. The highest BCUT2D eigenvalue weighted by Gasteiger charge is 2.17. The first-order valence-corrected chi connectivity index (χ1v) is 6.65. The molecule has 0 saturated carbocycles. The van der Waals surface area contributed by atoms with Crippen molar-refractivity contribution in [3.05, 3.63) is 29.3 Å². The van der Waals surface area contributed by atoms with Gasteiger partial charge in [-0.05, 0) is 38.1 Å². The van der Waals surface area contributed by atoms with E-state index in [4.69, 9.17) is 9.47 Å². The smallest absolute Gasteiger partial charge is 0.150 e. The van der Waals surface area contributed by atoms with E-state index >= 15 is 0 Å². The van der Waals surface area contributed by atoms with E-state index in [1.807, 2.05) is 12.1 Å². The number of carbonyl (C=O) groups excluding carboxylic acids is 1. The van der Waals surface area contributed by atoms with Crippen molar-refractivity contribution in [2.45, 2.75) is 25.6 Å². The van der Waals surface area contributed by atoms with Crippen molar-refractivity contribution in [2.75, 3.05) is 27.2 Å². The lowest BCUT2D eigenvalue weighted by molar-refractivity contribution is 0.00145. The van der Waals surface area contributed by atoms with Crippen molar-refractivity contribution in [1.82, 2.24) is 4.90 Å². The molecular formula is C15H21NO3. The topological polar surface area (TPSA) is 38.8 Å². The van der Waals surface area contributed by atoms with Crippen LogP contribution in [0.5, 0.6) is 5.75 Å². The van der Waals surface area contributed by atoms with Crippen LogP contribution in [-0.2, 0) is 11.3 Å². The van der Waals surface area contributed by atoms with Gasteiger partial charge in [0.1, 0.15) is 12.0 Å². The van der Waals surface area contributed by atoms with E-state index < -0.39 is 0 Å². The van der Waals surface area contributed by atoms with Crippen molar-refractivity contribution in [3.63, 3.8) is 0 Å². The van der Waals surface area contributed by atoms with Gasteiger partial charge < -0.3 is 14.4 Å². The van der Waals surface area contributed by atoms with Crippen LogP contribution in [0.15, 0.2) is 18.2 Å². The first kappa shape index (κ1) is 14.0. The molecule has 1 aromatic rings. The summed E-state index contributed by atoms with van der Waals surface area (Å²) in [6.07, 6.45) is 3.28. The van der Waals surface area contributed by atoms with Gasteiger partial charge in [-0.1, -0.05) is 0 Å². The number of methoxy groups -OCH3 is 1. The molecule has 1 saturated heterocycles. The molecule has 104 valence electrons. The van der Waals surface area contributed by atoms with E-state index in [0.717, 1.165) is 43.5 Å². The van der Waals surface area contributed by atoms with E-state index in [1.54, 1.807) is 13.2 Å². The number of carbonyl (C=O) groups is 1. The van der Waals surface area contributed by atoms with Crippen molar-refractivity contribution in [3.8, 4) is 5.75 Å². The summed E-state index contributed by atoms with van der Waals surface area (Å²) in [7, 11) is 3.77. The molecule has 0 amide bonds. The first-order valence-electron chi connectivity index (χ1n) is 6.65. The van der Waals surface area contributed by atoms with Crippen LogP contribution >= 0.6 is 0 Å². The number of piperidine rings is 1. The molecule has 4 nitrogen and oxygen atoms in total. The van der Waals surface area contributed by atoms with Crippen LogP contribution in [0.2, 0.25) is 0 Å². The highest BCUT2D eigenvalue weighted by molar-refractivity contribution is 5.75. The minimum atomic E-state index is 0.306. The van der Waals surface area contributed by atoms with Crippen LogP contribution < -0.4 is 4.74 Å². The normalized spacial score (nSPS) is 17.4. The average Bonchev–Trinajstić information content (AvgIpc) is 2.46. The molecule has 0 unspecified atom stereocenters. The molecule has 0 atom stereocenters. The Bertz CT molecular complexity index is 425. The Kier molecular flexibility index (Phi) is 4.93. The Labute approximate surface area is 114 Å². The fourth-order valence-electron chi connectivity index (χ4n) is 2.34. The van der Waals surface area contributed by atoms with E-state index in [1.165, 1.54) is 0 Å². The van der Waals surface area contributed by atoms with Gasteiger partial charge in [-0.3, -0.25) is 4.79 Å². The molecule has 19 heavy (non-hydrogen) atoms. The number of rotatable bonds is 5. The average molecular weight is 263 g/mol. The standard InChI is InChI=1S/C15H21NO3/c1-16-7-5-14(6-8-16)19-11-13-9-12(10-17)3-4-15(13)18-2/h3-4,9-10,14H,5-8,11H2,1-2H3. The molecule has 0 aromatic heterocycles. The largest absolute Gasteiger partial charge is 0.496 e. The number of benzene rings is 1. The van der Waals surface area contributed by atoms with Crippen LogP contribution in [0.3, 0.4) is 0 Å². The number of nitrogens with zero attached hydrogens (tertiary/aromatic N) is 1. The van der Waals surface area contributed by atoms with E-state index in [9.17, 15) is 4.79 Å². The van der Waals surface area contributed by atoms with Gasteiger partial charge in [0.25, 0.3) is 0 Å². The minimum absolute atomic E-state index is 0.306. The summed E-state index contributed by atoms with van der Waals surface area (Å²) >= 11 is 0. The van der Waals surface area contributed by atoms with Crippen LogP contribution in [-0.4, -0.2) is 44.5 Å². The van der Waals surface area contributed by atoms with Gasteiger partial charge >= 0.3 is 0 Å². The molecule has 0 spiro atoms. The molecule has 0 bridgehead atoms. The van der Waals surface area contributed by atoms with Gasteiger partial charge in [0, 0.05) is 24.2 Å². The maximum absolute atomic E-state index is 10.8. The number of likely N-dealkylation sites (tertiary alicyclic amines) is 1. The summed E-state index contributed by atoms with van der Waals surface area (Å²) in [6.45, 7) is 2.66. The lowest BCUT2D eigenvalue weighted by atomic mass is 10.1. The van der Waals surface area contributed by atoms with Gasteiger partial charge in [0.05, 0.1) is 19.8 Å². The second-order valence-electron chi connectivity index (χ2n) is 5.00. The molecule has 1 aliphatic heterocycles. The van der Waals surface area contributed by atoms with Gasteiger partial charge in [-0.2, -0.15) is 0 Å². The van der Waals surface area contributed by atoms with E-state index in [0.29, 0.717) is 18.3 Å². The highest BCUT2D eigenvalue weighted by Crippen LogP contribution is 2.22. The van der Waals surface area contributed by atoms with Crippen molar-refractivity contribution >= 4 is 6.29 Å². The lowest BCUT2D eigenvalue weighted by Gasteiger charge is -2.29. The predicted molar refractivity (Wildman–Crippen MR) is 73.7 cm³/mol. The summed E-state index contributed by atoms with van der Waals surface area (Å²) in [5.41, 5.74) is 1.59. The van der Waals surface area contributed by atoms with Crippen molar-refractivity contribution in [1.29, 1.82) is 0 Å². The van der Waals surface area contributed by atoms with Gasteiger partial charge in [0.2, 0.25) is 0 Å². The zero-order valence-electron chi connectivity index (χ0n) is 11.6. The Morgan fingerprint density at radius 3 is 2.74 bits per heavy atom. The molecule has 1 heterocycles. The first-order chi connectivity index (χ1) is 9.22. The predicted octanol–water partition coefficient (Wildman–Crippen LogP) is 2.12. The van der Waals surface area contributed by atoms with E-state index in [2.05, 4.69) is 11.9 Å². The molecular weight excluding hydrogens is 242 g/mol. The summed E-state index contributed by atoms with van der Waals surface area (Å²) in [6, 6.07) is 5.41. The molecule has 1 aromatic carbocycles. The SMILES string of the molecule is COc1ccc(C=O)cc1COC1CCN(C)CC1. The Balaban J connectivity index is 1.96. The third-order valence-corrected chi connectivity index (χ3v) is 3.58. The van der Waals surface area contributed by atoms with E-state index in [-0.39, 0.29) is 0 Å². The lowest BCUT2D eigenvalue weighted by Crippen LogP contribution is -2.34. The molecule has 0 aliphatic carbocycles. The summed E-state index contributed by atoms with van der Waals surface area (Å²) in [5.74, 6) is 0.776. The molecule has 0 radical (unpaired) electrons. The molecule has 2 rings (SSSR count). The quantitative estimate of drug-likeness (QED) is 0.763. The maximum atomic E-state index is 10.8. The summed E-state index contributed by atoms with van der Waals surface area (Å²) in [5, 5.41) is 0. The Hall–Kier alpha value is -1.39. The van der Waals surface area contributed by atoms with Crippen LogP contribution in [0.4, 0.5) is 0 Å². The summed E-state index contributed by atoms with van der Waals surface area (Å²) in [4.78, 5) is 13.1. The second kappa shape index (κ2) is 6.68. The van der Waals surface area contributed by atoms with Gasteiger partial charge in [-0.25, -0.2) is 0 Å². The third kappa shape index (κ3) is 3.78. The number of hydrogen-bond acceptors (Lipinski definition) is 4. The molecule has 1 aliphatic rings.